The predicted octanol–water partition coefficient (Wildman–Crippen LogP) is 2.44. The highest BCUT2D eigenvalue weighted by Crippen LogP contribution is 2.36. The van der Waals surface area contributed by atoms with E-state index in [0.717, 1.165) is 30.8 Å². The minimum Gasteiger partial charge on any atom is -0.371 e. The molecular weight excluding hydrogens is 208 g/mol. The third-order valence-electron chi connectivity index (χ3n) is 3.20. The molecule has 0 bridgehead atoms. The van der Waals surface area contributed by atoms with Crippen molar-refractivity contribution in [2.24, 2.45) is 5.73 Å². The summed E-state index contributed by atoms with van der Waals surface area (Å²) in [6.07, 6.45) is 3.30. The van der Waals surface area contributed by atoms with E-state index >= 15 is 0 Å². The fourth-order valence-corrected chi connectivity index (χ4v) is 2.54. The second-order valence-corrected chi connectivity index (χ2v) is 4.54. The monoisotopic (exact) mass is 224 g/mol. The van der Waals surface area contributed by atoms with Crippen molar-refractivity contribution in [1.29, 1.82) is 0 Å². The van der Waals surface area contributed by atoms with Gasteiger partial charge in [0.2, 0.25) is 0 Å². The summed E-state index contributed by atoms with van der Waals surface area (Å²) in [5.74, 6) is 0. The normalized spacial score (nSPS) is 19.4. The third kappa shape index (κ3) is 1.97. The number of benzene rings is 1. The Kier molecular flexibility index (Phi) is 3.17. The van der Waals surface area contributed by atoms with E-state index in [1.165, 1.54) is 11.3 Å². The first-order valence-electron chi connectivity index (χ1n) is 5.44. The summed E-state index contributed by atoms with van der Waals surface area (Å²) in [4.78, 5) is 2.33. The Hall–Kier alpha value is -0.730. The molecule has 1 aromatic rings. The molecule has 1 atom stereocenters. The summed E-state index contributed by atoms with van der Waals surface area (Å²) in [6.45, 7) is 0.772. The van der Waals surface area contributed by atoms with E-state index < -0.39 is 0 Å². The molecule has 82 valence electrons. The maximum atomic E-state index is 6.18. The van der Waals surface area contributed by atoms with Crippen LogP contribution in [0.4, 0.5) is 5.69 Å². The van der Waals surface area contributed by atoms with Crippen molar-refractivity contribution in [3.8, 4) is 0 Å². The Bertz CT molecular complexity index is 351. The van der Waals surface area contributed by atoms with E-state index in [9.17, 15) is 0 Å². The van der Waals surface area contributed by atoms with E-state index in [2.05, 4.69) is 18.0 Å². The average Bonchev–Trinajstić information content (AvgIpc) is 2.55. The Morgan fingerprint density at radius 1 is 1.53 bits per heavy atom. The molecule has 0 fully saturated rings. The number of anilines is 1. The van der Waals surface area contributed by atoms with Crippen molar-refractivity contribution >= 4 is 17.3 Å². The third-order valence-corrected chi connectivity index (χ3v) is 3.56. The Balaban J connectivity index is 2.18. The van der Waals surface area contributed by atoms with Gasteiger partial charge < -0.3 is 10.6 Å². The van der Waals surface area contributed by atoms with Gasteiger partial charge in [-0.3, -0.25) is 0 Å². The number of fused-ring (bicyclic) bond motifs is 1. The van der Waals surface area contributed by atoms with Crippen molar-refractivity contribution in [3.63, 3.8) is 0 Å². The first-order chi connectivity index (χ1) is 7.24. The summed E-state index contributed by atoms with van der Waals surface area (Å²) in [7, 11) is 2.14. The molecule has 1 aliphatic rings. The Morgan fingerprint density at radius 3 is 3.00 bits per heavy atom. The molecule has 1 heterocycles. The van der Waals surface area contributed by atoms with Gasteiger partial charge in [-0.05, 0) is 43.5 Å². The van der Waals surface area contributed by atoms with E-state index in [0.29, 0.717) is 6.04 Å². The number of rotatable bonds is 3. The van der Waals surface area contributed by atoms with Crippen LogP contribution in [0.1, 0.15) is 18.4 Å². The molecule has 0 amide bonds. The van der Waals surface area contributed by atoms with Crippen molar-refractivity contribution in [3.05, 3.63) is 28.8 Å². The van der Waals surface area contributed by atoms with E-state index in [-0.39, 0.29) is 0 Å². The van der Waals surface area contributed by atoms with Crippen LogP contribution in [0, 0.1) is 0 Å². The highest BCUT2D eigenvalue weighted by Gasteiger charge is 2.27. The summed E-state index contributed by atoms with van der Waals surface area (Å²) in [5, 5.41) is 0.898. The zero-order valence-electron chi connectivity index (χ0n) is 9.04. The largest absolute Gasteiger partial charge is 0.371 e. The summed E-state index contributed by atoms with van der Waals surface area (Å²) in [5.41, 5.74) is 8.12. The highest BCUT2D eigenvalue weighted by atomic mass is 35.5. The second-order valence-electron chi connectivity index (χ2n) is 4.14. The lowest BCUT2D eigenvalue weighted by atomic mass is 10.1. The number of hydrogen-bond acceptors (Lipinski definition) is 2. The lowest BCUT2D eigenvalue weighted by molar-refractivity contribution is 0.584. The lowest BCUT2D eigenvalue weighted by Crippen LogP contribution is -2.28. The Labute approximate surface area is 96.0 Å². The van der Waals surface area contributed by atoms with Gasteiger partial charge in [0, 0.05) is 23.8 Å². The summed E-state index contributed by atoms with van der Waals surface area (Å²) >= 11 is 6.18. The standard InChI is InChI=1S/C12H17ClN2/c1-15-9(4-3-7-14)8-10-11(13)5-2-6-12(10)15/h2,5-6,9H,3-4,7-8,14H2,1H3. The minimum absolute atomic E-state index is 0.573. The van der Waals surface area contributed by atoms with Crippen LogP contribution in [0.2, 0.25) is 5.02 Å². The Morgan fingerprint density at radius 2 is 2.33 bits per heavy atom. The van der Waals surface area contributed by atoms with Gasteiger partial charge in [-0.2, -0.15) is 0 Å². The van der Waals surface area contributed by atoms with Crippen LogP contribution in [-0.2, 0) is 6.42 Å². The van der Waals surface area contributed by atoms with Crippen LogP contribution in [0.3, 0.4) is 0 Å². The van der Waals surface area contributed by atoms with Crippen molar-refractivity contribution in [2.45, 2.75) is 25.3 Å². The highest BCUT2D eigenvalue weighted by molar-refractivity contribution is 6.31. The quantitative estimate of drug-likeness (QED) is 0.855. The second kappa shape index (κ2) is 4.42. The molecule has 3 heteroatoms. The van der Waals surface area contributed by atoms with Gasteiger partial charge in [-0.25, -0.2) is 0 Å². The van der Waals surface area contributed by atoms with Crippen LogP contribution < -0.4 is 10.6 Å². The summed E-state index contributed by atoms with van der Waals surface area (Å²) in [6, 6.07) is 6.70. The van der Waals surface area contributed by atoms with Crippen molar-refractivity contribution in [2.75, 3.05) is 18.5 Å². The molecule has 0 spiro atoms. The van der Waals surface area contributed by atoms with Crippen LogP contribution in [0.25, 0.3) is 0 Å². The molecule has 2 nitrogen and oxygen atoms in total. The fraction of sp³-hybridized carbons (Fsp3) is 0.500. The van der Waals surface area contributed by atoms with Gasteiger partial charge in [0.25, 0.3) is 0 Å². The minimum atomic E-state index is 0.573. The molecule has 0 saturated carbocycles. The first kappa shape index (κ1) is 10.8. The molecule has 0 saturated heterocycles. The average molecular weight is 225 g/mol. The van der Waals surface area contributed by atoms with Gasteiger partial charge >= 0.3 is 0 Å². The van der Waals surface area contributed by atoms with Gasteiger partial charge in [-0.1, -0.05) is 17.7 Å². The molecule has 2 N–H and O–H groups in total. The SMILES string of the molecule is CN1c2cccc(Cl)c2CC1CCCN. The number of halogens is 1. The van der Waals surface area contributed by atoms with Crippen molar-refractivity contribution in [1.82, 2.24) is 0 Å². The lowest BCUT2D eigenvalue weighted by Gasteiger charge is -2.22. The molecule has 0 aliphatic carbocycles. The molecule has 0 aromatic heterocycles. The number of hydrogen-bond donors (Lipinski definition) is 1. The van der Waals surface area contributed by atoms with E-state index in [1.807, 2.05) is 12.1 Å². The fourth-order valence-electron chi connectivity index (χ4n) is 2.30. The molecule has 1 unspecified atom stereocenters. The van der Waals surface area contributed by atoms with Crippen LogP contribution in [-0.4, -0.2) is 19.6 Å². The number of likely N-dealkylation sites (N-methyl/N-ethyl adjacent to an activating group) is 1. The van der Waals surface area contributed by atoms with E-state index in [4.69, 9.17) is 17.3 Å². The molecule has 1 aliphatic heterocycles. The van der Waals surface area contributed by atoms with Crippen LogP contribution >= 0.6 is 11.6 Å². The first-order valence-corrected chi connectivity index (χ1v) is 5.82. The zero-order valence-corrected chi connectivity index (χ0v) is 9.80. The molecule has 2 rings (SSSR count). The maximum Gasteiger partial charge on any atom is 0.0459 e. The van der Waals surface area contributed by atoms with E-state index in [1.54, 1.807) is 0 Å². The maximum absolute atomic E-state index is 6.18. The topological polar surface area (TPSA) is 29.3 Å². The van der Waals surface area contributed by atoms with Crippen LogP contribution in [0.5, 0.6) is 0 Å². The molecule has 1 aromatic carbocycles. The number of nitrogens with two attached hydrogens (primary N) is 1. The van der Waals surface area contributed by atoms with Gasteiger partial charge in [0.05, 0.1) is 0 Å². The molecular formula is C12H17ClN2. The van der Waals surface area contributed by atoms with Gasteiger partial charge in [0.15, 0.2) is 0 Å². The smallest absolute Gasteiger partial charge is 0.0459 e. The number of nitrogens with zero attached hydrogens (tertiary/aromatic N) is 1. The predicted molar refractivity (Wildman–Crippen MR) is 65.6 cm³/mol. The molecule has 0 radical (unpaired) electrons. The summed E-state index contributed by atoms with van der Waals surface area (Å²) < 4.78 is 0. The zero-order chi connectivity index (χ0) is 10.8. The van der Waals surface area contributed by atoms with Crippen LogP contribution in [0.15, 0.2) is 18.2 Å². The van der Waals surface area contributed by atoms with Crippen molar-refractivity contribution < 1.29 is 0 Å². The molecule has 15 heavy (non-hydrogen) atoms. The van der Waals surface area contributed by atoms with Gasteiger partial charge in [0.1, 0.15) is 0 Å². The van der Waals surface area contributed by atoms with Gasteiger partial charge in [-0.15, -0.1) is 0 Å².